The van der Waals surface area contributed by atoms with Crippen LogP contribution < -0.4 is 5.32 Å². The average molecular weight is 387 g/mol. The van der Waals surface area contributed by atoms with Crippen molar-refractivity contribution in [2.24, 2.45) is 0 Å². The van der Waals surface area contributed by atoms with E-state index in [0.29, 0.717) is 5.69 Å². The molecule has 2 rings (SSSR count). The third-order valence-corrected chi connectivity index (χ3v) is 4.79. The van der Waals surface area contributed by atoms with E-state index >= 15 is 0 Å². The first kappa shape index (κ1) is 20.5. The standard InChI is InChI=1S/C20H21NO5S/c1-13-8-9-14(2)17(10-13)27-12-19(23)26-11-18(22)21-16-7-5-4-6-15(16)20(24)25-3/h4-10H,11-12H2,1-3H3,(H,21,22). The highest BCUT2D eigenvalue weighted by Gasteiger charge is 2.14. The Kier molecular flexibility index (Phi) is 7.43. The number of ether oxygens (including phenoxy) is 2. The monoisotopic (exact) mass is 387 g/mol. The van der Waals surface area contributed by atoms with Crippen LogP contribution in [-0.2, 0) is 19.1 Å². The fourth-order valence-corrected chi connectivity index (χ4v) is 3.18. The molecule has 0 aromatic heterocycles. The molecule has 0 radical (unpaired) electrons. The second kappa shape index (κ2) is 9.78. The largest absolute Gasteiger partial charge is 0.465 e. The van der Waals surface area contributed by atoms with Crippen LogP contribution in [0.15, 0.2) is 47.4 Å². The summed E-state index contributed by atoms with van der Waals surface area (Å²) < 4.78 is 9.68. The number of anilines is 1. The molecule has 27 heavy (non-hydrogen) atoms. The van der Waals surface area contributed by atoms with Gasteiger partial charge >= 0.3 is 11.9 Å². The molecule has 6 nitrogen and oxygen atoms in total. The zero-order valence-corrected chi connectivity index (χ0v) is 16.2. The van der Waals surface area contributed by atoms with Gasteiger partial charge in [-0.05, 0) is 37.6 Å². The van der Waals surface area contributed by atoms with Crippen molar-refractivity contribution >= 4 is 35.3 Å². The van der Waals surface area contributed by atoms with E-state index in [4.69, 9.17) is 4.74 Å². The van der Waals surface area contributed by atoms with E-state index in [1.54, 1.807) is 18.2 Å². The summed E-state index contributed by atoms with van der Waals surface area (Å²) >= 11 is 1.37. The zero-order chi connectivity index (χ0) is 19.8. The smallest absolute Gasteiger partial charge is 0.339 e. The number of nitrogens with one attached hydrogen (secondary N) is 1. The molecule has 0 heterocycles. The topological polar surface area (TPSA) is 81.7 Å². The van der Waals surface area contributed by atoms with Crippen molar-refractivity contribution < 1.29 is 23.9 Å². The van der Waals surface area contributed by atoms with E-state index in [9.17, 15) is 14.4 Å². The lowest BCUT2D eigenvalue weighted by Crippen LogP contribution is -2.22. The van der Waals surface area contributed by atoms with Crippen LogP contribution in [0.5, 0.6) is 0 Å². The van der Waals surface area contributed by atoms with E-state index < -0.39 is 24.5 Å². The number of amides is 1. The van der Waals surface area contributed by atoms with Crippen LogP contribution >= 0.6 is 11.8 Å². The lowest BCUT2D eigenvalue weighted by Gasteiger charge is -2.10. The van der Waals surface area contributed by atoms with E-state index in [1.807, 2.05) is 32.0 Å². The highest BCUT2D eigenvalue weighted by atomic mass is 32.2. The molecule has 0 aliphatic rings. The Morgan fingerprint density at radius 3 is 2.56 bits per heavy atom. The van der Waals surface area contributed by atoms with Crippen LogP contribution in [0, 0.1) is 13.8 Å². The molecule has 0 aliphatic carbocycles. The molecular weight excluding hydrogens is 366 g/mol. The van der Waals surface area contributed by atoms with Gasteiger partial charge in [0.05, 0.1) is 24.1 Å². The Morgan fingerprint density at radius 1 is 1.07 bits per heavy atom. The van der Waals surface area contributed by atoms with Crippen molar-refractivity contribution in [3.63, 3.8) is 0 Å². The van der Waals surface area contributed by atoms with Crippen molar-refractivity contribution in [1.29, 1.82) is 0 Å². The molecule has 2 aromatic carbocycles. The number of aryl methyl sites for hydroxylation is 2. The van der Waals surface area contributed by atoms with Crippen LogP contribution in [0.3, 0.4) is 0 Å². The van der Waals surface area contributed by atoms with Crippen LogP contribution in [0.2, 0.25) is 0 Å². The summed E-state index contributed by atoms with van der Waals surface area (Å²) in [6.07, 6.45) is 0. The van der Waals surface area contributed by atoms with E-state index in [-0.39, 0.29) is 11.3 Å². The summed E-state index contributed by atoms with van der Waals surface area (Å²) in [4.78, 5) is 36.6. The molecular formula is C20H21NO5S. The highest BCUT2D eigenvalue weighted by molar-refractivity contribution is 8.00. The molecule has 0 bridgehead atoms. The van der Waals surface area contributed by atoms with Gasteiger partial charge in [-0.15, -0.1) is 11.8 Å². The summed E-state index contributed by atoms with van der Waals surface area (Å²) in [5.41, 5.74) is 2.72. The van der Waals surface area contributed by atoms with Crippen molar-refractivity contribution in [2.75, 3.05) is 24.8 Å². The molecule has 0 spiro atoms. The number of carbonyl (C=O) groups excluding carboxylic acids is 3. The minimum absolute atomic E-state index is 0.107. The van der Waals surface area contributed by atoms with Gasteiger partial charge in [0.1, 0.15) is 0 Å². The van der Waals surface area contributed by atoms with E-state index in [0.717, 1.165) is 16.0 Å². The van der Waals surface area contributed by atoms with Crippen LogP contribution in [-0.4, -0.2) is 37.3 Å². The number of carbonyl (C=O) groups is 3. The molecule has 0 atom stereocenters. The lowest BCUT2D eigenvalue weighted by atomic mass is 10.2. The second-order valence-electron chi connectivity index (χ2n) is 5.80. The van der Waals surface area contributed by atoms with Crippen molar-refractivity contribution in [3.8, 4) is 0 Å². The first-order chi connectivity index (χ1) is 12.9. The maximum Gasteiger partial charge on any atom is 0.339 e. The third kappa shape index (κ3) is 6.14. The summed E-state index contributed by atoms with van der Waals surface area (Å²) in [7, 11) is 1.26. The molecule has 142 valence electrons. The molecule has 0 unspecified atom stereocenters. The highest BCUT2D eigenvalue weighted by Crippen LogP contribution is 2.23. The van der Waals surface area contributed by atoms with Crippen LogP contribution in [0.4, 0.5) is 5.69 Å². The number of hydrogen-bond acceptors (Lipinski definition) is 6. The van der Waals surface area contributed by atoms with Gasteiger partial charge in [-0.2, -0.15) is 0 Å². The van der Waals surface area contributed by atoms with Crippen molar-refractivity contribution in [3.05, 3.63) is 59.2 Å². The van der Waals surface area contributed by atoms with Crippen LogP contribution in [0.1, 0.15) is 21.5 Å². The number of rotatable bonds is 7. The normalized spacial score (nSPS) is 10.2. The summed E-state index contributed by atoms with van der Waals surface area (Å²) in [5, 5.41) is 2.55. The van der Waals surface area contributed by atoms with Gasteiger partial charge in [-0.1, -0.05) is 29.8 Å². The van der Waals surface area contributed by atoms with Crippen molar-refractivity contribution in [1.82, 2.24) is 0 Å². The maximum absolute atomic E-state index is 12.0. The Bertz CT molecular complexity index is 850. The fraction of sp³-hybridized carbons (Fsp3) is 0.250. The Labute approximate surface area is 162 Å². The molecule has 7 heteroatoms. The Balaban J connectivity index is 1.84. The predicted octanol–water partition coefficient (Wildman–Crippen LogP) is 3.36. The van der Waals surface area contributed by atoms with Gasteiger partial charge in [-0.25, -0.2) is 4.79 Å². The molecule has 0 aliphatic heterocycles. The molecule has 0 saturated heterocycles. The molecule has 1 N–H and O–H groups in total. The van der Waals surface area contributed by atoms with Gasteiger partial charge in [0.15, 0.2) is 6.61 Å². The minimum atomic E-state index is -0.562. The fourth-order valence-electron chi connectivity index (χ4n) is 2.25. The molecule has 0 fully saturated rings. The van der Waals surface area contributed by atoms with Crippen LogP contribution in [0.25, 0.3) is 0 Å². The summed E-state index contributed by atoms with van der Waals surface area (Å²) in [6, 6.07) is 12.4. The van der Waals surface area contributed by atoms with Gasteiger partial charge in [0.2, 0.25) is 0 Å². The maximum atomic E-state index is 12.0. The van der Waals surface area contributed by atoms with E-state index in [2.05, 4.69) is 10.1 Å². The summed E-state index contributed by atoms with van der Waals surface area (Å²) in [5.74, 6) is -1.47. The predicted molar refractivity (Wildman–Crippen MR) is 104 cm³/mol. The number of thioether (sulfide) groups is 1. The van der Waals surface area contributed by atoms with E-state index in [1.165, 1.54) is 24.9 Å². The number of para-hydroxylation sites is 1. The first-order valence-corrected chi connectivity index (χ1v) is 9.22. The second-order valence-corrected chi connectivity index (χ2v) is 6.82. The zero-order valence-electron chi connectivity index (χ0n) is 15.4. The molecule has 0 saturated carbocycles. The lowest BCUT2D eigenvalue weighted by molar-refractivity contribution is -0.144. The van der Waals surface area contributed by atoms with Crippen molar-refractivity contribution in [2.45, 2.75) is 18.7 Å². The average Bonchev–Trinajstić information content (AvgIpc) is 2.67. The summed E-state index contributed by atoms with van der Waals surface area (Å²) in [6.45, 7) is 3.53. The quantitative estimate of drug-likeness (QED) is 0.579. The number of esters is 2. The van der Waals surface area contributed by atoms with Gasteiger partial charge in [0.25, 0.3) is 5.91 Å². The molecule has 2 aromatic rings. The first-order valence-electron chi connectivity index (χ1n) is 8.23. The minimum Gasteiger partial charge on any atom is -0.465 e. The third-order valence-electron chi connectivity index (χ3n) is 3.66. The number of hydrogen-bond donors (Lipinski definition) is 1. The number of methoxy groups -OCH3 is 1. The SMILES string of the molecule is COC(=O)c1ccccc1NC(=O)COC(=O)CSc1cc(C)ccc1C. The number of benzene rings is 2. The van der Waals surface area contributed by atoms with Gasteiger partial charge in [0, 0.05) is 4.90 Å². The Hall–Kier alpha value is -2.80. The Morgan fingerprint density at radius 2 is 1.81 bits per heavy atom. The molecule has 1 amide bonds. The van der Waals surface area contributed by atoms with Gasteiger partial charge in [-0.3, -0.25) is 9.59 Å². The van der Waals surface area contributed by atoms with Gasteiger partial charge < -0.3 is 14.8 Å².